The molecule has 0 bridgehead atoms. The predicted octanol–water partition coefficient (Wildman–Crippen LogP) is 8.44. The summed E-state index contributed by atoms with van der Waals surface area (Å²) in [6, 6.07) is 40.1. The first kappa shape index (κ1) is 21.8. The molecule has 0 radical (unpaired) electrons. The van der Waals surface area contributed by atoms with Crippen molar-refractivity contribution in [2.24, 2.45) is 0 Å². The lowest BCUT2D eigenvalue weighted by Crippen LogP contribution is -2.10. The summed E-state index contributed by atoms with van der Waals surface area (Å²) in [5, 5.41) is 0. The third kappa shape index (κ3) is 4.67. The molecule has 0 fully saturated rings. The van der Waals surface area contributed by atoms with Gasteiger partial charge in [-0.25, -0.2) is 9.97 Å². The lowest BCUT2D eigenvalue weighted by molar-refractivity contribution is 0.590. The minimum atomic E-state index is 0.116. The molecule has 4 aromatic carbocycles. The Labute approximate surface area is 202 Å². The average Bonchev–Trinajstić information content (AvgIpc) is 2.89. The van der Waals surface area contributed by atoms with Crippen LogP contribution in [0.4, 0.5) is 0 Å². The van der Waals surface area contributed by atoms with Crippen LogP contribution in [0.1, 0.15) is 26.3 Å². The number of hydrogen-bond acceptors (Lipinski definition) is 2. The van der Waals surface area contributed by atoms with Gasteiger partial charge in [0, 0.05) is 16.7 Å². The highest BCUT2D eigenvalue weighted by Crippen LogP contribution is 2.30. The molecule has 0 spiro atoms. The first-order chi connectivity index (χ1) is 16.5. The van der Waals surface area contributed by atoms with Crippen LogP contribution in [-0.4, -0.2) is 9.97 Å². The molecule has 0 amide bonds. The molecule has 0 aliphatic carbocycles. The van der Waals surface area contributed by atoms with Gasteiger partial charge < -0.3 is 0 Å². The summed E-state index contributed by atoms with van der Waals surface area (Å²) in [6.07, 6.45) is 0. The van der Waals surface area contributed by atoms with Gasteiger partial charge in [0.15, 0.2) is 5.82 Å². The van der Waals surface area contributed by atoms with Gasteiger partial charge in [0.1, 0.15) is 0 Å². The van der Waals surface area contributed by atoms with Crippen molar-refractivity contribution in [3.63, 3.8) is 0 Å². The van der Waals surface area contributed by atoms with Crippen LogP contribution >= 0.6 is 0 Å². The standard InChI is InChI=1S/C32H28N2/c1-32(2,3)28-20-18-26(19-21-28)30-22-29(33-31(34-30)27-12-8-5-9-13-27)25-16-14-24(15-17-25)23-10-6-4-7-11-23/h4-22H,1-3H3. The Kier molecular flexibility index (Phi) is 5.81. The number of nitrogens with zero attached hydrogens (tertiary/aromatic N) is 2. The van der Waals surface area contributed by atoms with E-state index in [0.717, 1.165) is 33.9 Å². The largest absolute Gasteiger partial charge is 0.228 e. The Morgan fingerprint density at radius 2 is 0.853 bits per heavy atom. The second kappa shape index (κ2) is 9.07. The molecule has 0 aliphatic heterocycles. The topological polar surface area (TPSA) is 25.8 Å². The van der Waals surface area contributed by atoms with E-state index in [1.807, 2.05) is 24.3 Å². The van der Waals surface area contributed by atoms with Crippen LogP contribution in [0.5, 0.6) is 0 Å². The van der Waals surface area contributed by atoms with E-state index >= 15 is 0 Å². The first-order valence-corrected chi connectivity index (χ1v) is 11.7. The third-order valence-electron chi connectivity index (χ3n) is 6.09. The molecule has 2 heteroatoms. The van der Waals surface area contributed by atoms with Gasteiger partial charge in [0.05, 0.1) is 11.4 Å². The summed E-state index contributed by atoms with van der Waals surface area (Å²) < 4.78 is 0. The van der Waals surface area contributed by atoms with Gasteiger partial charge in [-0.1, -0.05) is 130 Å². The van der Waals surface area contributed by atoms with E-state index < -0.39 is 0 Å². The van der Waals surface area contributed by atoms with E-state index in [0.29, 0.717) is 0 Å². The quantitative estimate of drug-likeness (QED) is 0.280. The Morgan fingerprint density at radius 1 is 0.441 bits per heavy atom. The third-order valence-corrected chi connectivity index (χ3v) is 6.09. The Morgan fingerprint density at radius 3 is 1.35 bits per heavy atom. The van der Waals surface area contributed by atoms with Crippen LogP contribution in [0, 0.1) is 0 Å². The number of benzene rings is 4. The lowest BCUT2D eigenvalue weighted by Gasteiger charge is -2.19. The molecule has 5 aromatic rings. The summed E-state index contributed by atoms with van der Waals surface area (Å²) in [6.45, 7) is 6.70. The number of aromatic nitrogens is 2. The van der Waals surface area contributed by atoms with Crippen molar-refractivity contribution in [2.45, 2.75) is 26.2 Å². The zero-order valence-corrected chi connectivity index (χ0v) is 19.9. The minimum Gasteiger partial charge on any atom is -0.228 e. The fraction of sp³-hybridized carbons (Fsp3) is 0.125. The SMILES string of the molecule is CC(C)(C)c1ccc(-c2cc(-c3ccc(-c4ccccc4)cc3)nc(-c3ccccc3)n2)cc1. The van der Waals surface area contributed by atoms with Gasteiger partial charge >= 0.3 is 0 Å². The van der Waals surface area contributed by atoms with Crippen molar-refractivity contribution in [3.05, 3.63) is 121 Å². The van der Waals surface area contributed by atoms with E-state index in [4.69, 9.17) is 9.97 Å². The van der Waals surface area contributed by atoms with E-state index in [1.165, 1.54) is 16.7 Å². The summed E-state index contributed by atoms with van der Waals surface area (Å²) in [4.78, 5) is 9.89. The van der Waals surface area contributed by atoms with Crippen LogP contribution in [0.25, 0.3) is 45.0 Å². The highest BCUT2D eigenvalue weighted by atomic mass is 14.9. The van der Waals surface area contributed by atoms with Crippen LogP contribution in [0.15, 0.2) is 115 Å². The number of rotatable bonds is 4. The fourth-order valence-corrected chi connectivity index (χ4v) is 4.06. The zero-order valence-electron chi connectivity index (χ0n) is 19.9. The molecule has 0 N–H and O–H groups in total. The minimum absolute atomic E-state index is 0.116. The zero-order chi connectivity index (χ0) is 23.5. The summed E-state index contributed by atoms with van der Waals surface area (Å²) in [5.41, 5.74) is 8.86. The molecule has 0 saturated heterocycles. The Balaban J connectivity index is 1.58. The monoisotopic (exact) mass is 440 g/mol. The molecule has 0 saturated carbocycles. The smallest absolute Gasteiger partial charge is 0.160 e. The first-order valence-electron chi connectivity index (χ1n) is 11.7. The van der Waals surface area contributed by atoms with E-state index in [-0.39, 0.29) is 5.41 Å². The molecule has 1 heterocycles. The van der Waals surface area contributed by atoms with E-state index in [2.05, 4.69) is 112 Å². The van der Waals surface area contributed by atoms with Crippen LogP contribution in [-0.2, 0) is 5.41 Å². The molecule has 1 aromatic heterocycles. The van der Waals surface area contributed by atoms with Crippen molar-refractivity contribution in [2.75, 3.05) is 0 Å². The van der Waals surface area contributed by atoms with E-state index in [9.17, 15) is 0 Å². The van der Waals surface area contributed by atoms with E-state index in [1.54, 1.807) is 0 Å². The second-order valence-corrected chi connectivity index (χ2v) is 9.60. The fourth-order valence-electron chi connectivity index (χ4n) is 4.06. The molecule has 0 unspecified atom stereocenters. The summed E-state index contributed by atoms with van der Waals surface area (Å²) >= 11 is 0. The highest BCUT2D eigenvalue weighted by molar-refractivity contribution is 5.74. The van der Waals surface area contributed by atoms with Crippen LogP contribution < -0.4 is 0 Å². The molecule has 34 heavy (non-hydrogen) atoms. The molecule has 0 atom stereocenters. The van der Waals surface area contributed by atoms with Crippen LogP contribution in [0.2, 0.25) is 0 Å². The van der Waals surface area contributed by atoms with Crippen molar-refractivity contribution in [1.82, 2.24) is 9.97 Å². The van der Waals surface area contributed by atoms with Gasteiger partial charge in [-0.2, -0.15) is 0 Å². The maximum Gasteiger partial charge on any atom is 0.160 e. The molecule has 166 valence electrons. The molecule has 2 nitrogen and oxygen atoms in total. The summed E-state index contributed by atoms with van der Waals surface area (Å²) in [5.74, 6) is 0.736. The maximum absolute atomic E-state index is 4.95. The average molecular weight is 441 g/mol. The van der Waals surface area contributed by atoms with Crippen molar-refractivity contribution in [1.29, 1.82) is 0 Å². The Hall–Kier alpha value is -4.04. The van der Waals surface area contributed by atoms with Gasteiger partial charge in [-0.3, -0.25) is 0 Å². The van der Waals surface area contributed by atoms with Crippen molar-refractivity contribution >= 4 is 0 Å². The second-order valence-electron chi connectivity index (χ2n) is 9.60. The summed E-state index contributed by atoms with van der Waals surface area (Å²) in [7, 11) is 0. The predicted molar refractivity (Wildman–Crippen MR) is 142 cm³/mol. The lowest BCUT2D eigenvalue weighted by atomic mass is 9.86. The van der Waals surface area contributed by atoms with Gasteiger partial charge in [-0.05, 0) is 28.2 Å². The highest BCUT2D eigenvalue weighted by Gasteiger charge is 2.15. The molecular formula is C32H28N2. The maximum atomic E-state index is 4.95. The van der Waals surface area contributed by atoms with Crippen LogP contribution in [0.3, 0.4) is 0 Å². The van der Waals surface area contributed by atoms with Crippen molar-refractivity contribution in [3.8, 4) is 45.0 Å². The number of hydrogen-bond donors (Lipinski definition) is 0. The Bertz CT molecular complexity index is 1380. The van der Waals surface area contributed by atoms with Gasteiger partial charge in [0.25, 0.3) is 0 Å². The molecular weight excluding hydrogens is 412 g/mol. The molecule has 0 aliphatic rings. The normalized spacial score (nSPS) is 11.4. The van der Waals surface area contributed by atoms with Crippen molar-refractivity contribution < 1.29 is 0 Å². The van der Waals surface area contributed by atoms with Gasteiger partial charge in [0.2, 0.25) is 0 Å². The van der Waals surface area contributed by atoms with Gasteiger partial charge in [-0.15, -0.1) is 0 Å². The molecule has 5 rings (SSSR count).